The SMILES string of the molecule is CN(C)c1c(F)ccc(F)c1C(C)(C)CO. The molecule has 16 heavy (non-hydrogen) atoms. The van der Waals surface area contributed by atoms with Crippen LogP contribution in [0, 0.1) is 11.6 Å². The van der Waals surface area contributed by atoms with E-state index in [2.05, 4.69) is 0 Å². The Kier molecular flexibility index (Phi) is 3.53. The standard InChI is InChI=1S/C12H17F2NO/c1-12(2,7-16)10-8(13)5-6-9(14)11(10)15(3)4/h5-6,16H,7H2,1-4H3. The van der Waals surface area contributed by atoms with Gasteiger partial charge in [-0.2, -0.15) is 0 Å². The van der Waals surface area contributed by atoms with Crippen molar-refractivity contribution in [2.24, 2.45) is 0 Å². The summed E-state index contributed by atoms with van der Waals surface area (Å²) in [7, 11) is 3.30. The summed E-state index contributed by atoms with van der Waals surface area (Å²) in [6, 6.07) is 2.19. The third kappa shape index (κ3) is 2.16. The van der Waals surface area contributed by atoms with Gasteiger partial charge in [-0.1, -0.05) is 13.8 Å². The molecule has 0 saturated carbocycles. The number of hydrogen-bond acceptors (Lipinski definition) is 2. The number of benzene rings is 1. The van der Waals surface area contributed by atoms with Crippen LogP contribution in [-0.4, -0.2) is 25.8 Å². The molecule has 1 aromatic carbocycles. The molecule has 0 fully saturated rings. The lowest BCUT2D eigenvalue weighted by molar-refractivity contribution is 0.215. The summed E-state index contributed by atoms with van der Waals surface area (Å²) in [5, 5.41) is 9.26. The molecule has 1 N–H and O–H groups in total. The fourth-order valence-electron chi connectivity index (χ4n) is 1.70. The summed E-state index contributed by atoms with van der Waals surface area (Å²) in [5.74, 6) is -0.980. The quantitative estimate of drug-likeness (QED) is 0.859. The first kappa shape index (κ1) is 12.9. The molecule has 0 aliphatic heterocycles. The fourth-order valence-corrected chi connectivity index (χ4v) is 1.70. The Hall–Kier alpha value is -1.16. The van der Waals surface area contributed by atoms with E-state index in [4.69, 9.17) is 0 Å². The molecule has 0 spiro atoms. The third-order valence-corrected chi connectivity index (χ3v) is 2.60. The number of halogens is 2. The molecular formula is C12H17F2NO. The maximum atomic E-state index is 13.8. The lowest BCUT2D eigenvalue weighted by atomic mass is 9.83. The van der Waals surface area contributed by atoms with Crippen LogP contribution in [0.25, 0.3) is 0 Å². The van der Waals surface area contributed by atoms with Crippen molar-refractivity contribution < 1.29 is 13.9 Å². The number of aliphatic hydroxyl groups is 1. The van der Waals surface area contributed by atoms with Crippen molar-refractivity contribution in [1.82, 2.24) is 0 Å². The van der Waals surface area contributed by atoms with Crippen molar-refractivity contribution in [2.45, 2.75) is 19.3 Å². The summed E-state index contributed by atoms with van der Waals surface area (Å²) in [6.45, 7) is 3.12. The largest absolute Gasteiger partial charge is 0.395 e. The number of anilines is 1. The van der Waals surface area contributed by atoms with E-state index in [-0.39, 0.29) is 17.9 Å². The van der Waals surface area contributed by atoms with E-state index in [0.29, 0.717) is 0 Å². The summed E-state index contributed by atoms with van der Waals surface area (Å²) in [6.07, 6.45) is 0. The monoisotopic (exact) mass is 229 g/mol. The van der Waals surface area contributed by atoms with Gasteiger partial charge in [0.2, 0.25) is 0 Å². The molecule has 0 heterocycles. The number of hydrogen-bond donors (Lipinski definition) is 1. The van der Waals surface area contributed by atoms with Crippen LogP contribution < -0.4 is 4.90 Å². The Morgan fingerprint density at radius 2 is 1.69 bits per heavy atom. The molecule has 0 saturated heterocycles. The zero-order chi connectivity index (χ0) is 12.5. The first-order valence-corrected chi connectivity index (χ1v) is 5.08. The molecule has 1 rings (SSSR count). The van der Waals surface area contributed by atoms with Gasteiger partial charge in [0.05, 0.1) is 12.3 Å². The molecule has 90 valence electrons. The average Bonchev–Trinajstić information content (AvgIpc) is 2.20. The lowest BCUT2D eigenvalue weighted by Gasteiger charge is -2.29. The smallest absolute Gasteiger partial charge is 0.146 e. The second-order valence-corrected chi connectivity index (χ2v) is 4.69. The second-order valence-electron chi connectivity index (χ2n) is 4.69. The van der Waals surface area contributed by atoms with Crippen molar-refractivity contribution in [3.8, 4) is 0 Å². The zero-order valence-electron chi connectivity index (χ0n) is 10.0. The zero-order valence-corrected chi connectivity index (χ0v) is 10.0. The van der Waals surface area contributed by atoms with Gasteiger partial charge in [-0.05, 0) is 12.1 Å². The van der Waals surface area contributed by atoms with Crippen molar-refractivity contribution >= 4 is 5.69 Å². The minimum absolute atomic E-state index is 0.194. The van der Waals surface area contributed by atoms with Gasteiger partial charge in [0, 0.05) is 25.1 Å². The van der Waals surface area contributed by atoms with E-state index >= 15 is 0 Å². The Balaban J connectivity index is 3.52. The van der Waals surface area contributed by atoms with Gasteiger partial charge in [-0.15, -0.1) is 0 Å². The Labute approximate surface area is 94.5 Å². The van der Waals surface area contributed by atoms with E-state index < -0.39 is 17.0 Å². The molecular weight excluding hydrogens is 212 g/mol. The third-order valence-electron chi connectivity index (χ3n) is 2.60. The molecule has 0 aromatic heterocycles. The number of nitrogens with zero attached hydrogens (tertiary/aromatic N) is 1. The van der Waals surface area contributed by atoms with Crippen molar-refractivity contribution in [3.63, 3.8) is 0 Å². The summed E-state index contributed by atoms with van der Waals surface area (Å²) >= 11 is 0. The lowest BCUT2D eigenvalue weighted by Crippen LogP contribution is -2.28. The van der Waals surface area contributed by atoms with Crippen LogP contribution in [0.2, 0.25) is 0 Å². The minimum atomic E-state index is -0.814. The Bertz CT molecular complexity index is 389. The van der Waals surface area contributed by atoms with Crippen LogP contribution in [-0.2, 0) is 5.41 Å². The summed E-state index contributed by atoms with van der Waals surface area (Å²) in [4.78, 5) is 1.52. The summed E-state index contributed by atoms with van der Waals surface area (Å²) < 4.78 is 27.4. The molecule has 0 radical (unpaired) electrons. The van der Waals surface area contributed by atoms with Crippen LogP contribution in [0.1, 0.15) is 19.4 Å². The molecule has 0 aliphatic rings. The highest BCUT2D eigenvalue weighted by Gasteiger charge is 2.29. The van der Waals surface area contributed by atoms with Gasteiger partial charge in [-0.3, -0.25) is 0 Å². The normalized spacial score (nSPS) is 11.7. The molecule has 0 amide bonds. The van der Waals surface area contributed by atoms with Crippen LogP contribution in [0.4, 0.5) is 14.5 Å². The predicted octanol–water partition coefficient (Wildman–Crippen LogP) is 2.30. The topological polar surface area (TPSA) is 23.5 Å². The minimum Gasteiger partial charge on any atom is -0.395 e. The van der Waals surface area contributed by atoms with Crippen molar-refractivity contribution in [1.29, 1.82) is 0 Å². The van der Waals surface area contributed by atoms with Crippen molar-refractivity contribution in [3.05, 3.63) is 29.3 Å². The first-order chi connectivity index (χ1) is 7.31. The van der Waals surface area contributed by atoms with Crippen LogP contribution >= 0.6 is 0 Å². The molecule has 0 aliphatic carbocycles. The highest BCUT2D eigenvalue weighted by molar-refractivity contribution is 5.57. The fraction of sp³-hybridized carbons (Fsp3) is 0.500. The highest BCUT2D eigenvalue weighted by atomic mass is 19.1. The molecule has 0 atom stereocenters. The molecule has 0 bridgehead atoms. The van der Waals surface area contributed by atoms with Gasteiger partial charge < -0.3 is 10.0 Å². The second kappa shape index (κ2) is 4.37. The van der Waals surface area contributed by atoms with Crippen LogP contribution in [0.3, 0.4) is 0 Å². The van der Waals surface area contributed by atoms with E-state index in [0.717, 1.165) is 12.1 Å². The highest BCUT2D eigenvalue weighted by Crippen LogP contribution is 2.35. The van der Waals surface area contributed by atoms with Gasteiger partial charge in [0.1, 0.15) is 11.6 Å². The predicted molar refractivity (Wildman–Crippen MR) is 60.8 cm³/mol. The summed E-state index contributed by atoms with van der Waals surface area (Å²) in [5.41, 5.74) is -0.412. The van der Waals surface area contributed by atoms with Gasteiger partial charge >= 0.3 is 0 Å². The number of aliphatic hydroxyl groups excluding tert-OH is 1. The maximum Gasteiger partial charge on any atom is 0.146 e. The molecule has 0 unspecified atom stereocenters. The van der Waals surface area contributed by atoms with E-state index in [9.17, 15) is 13.9 Å². The van der Waals surface area contributed by atoms with Gasteiger partial charge in [-0.25, -0.2) is 8.78 Å². The van der Waals surface area contributed by atoms with Crippen molar-refractivity contribution in [2.75, 3.05) is 25.6 Å². The van der Waals surface area contributed by atoms with E-state index in [1.54, 1.807) is 27.9 Å². The molecule has 4 heteroatoms. The Morgan fingerprint density at radius 1 is 1.19 bits per heavy atom. The first-order valence-electron chi connectivity index (χ1n) is 5.08. The molecule has 2 nitrogen and oxygen atoms in total. The maximum absolute atomic E-state index is 13.8. The molecule has 1 aromatic rings. The number of rotatable bonds is 3. The van der Waals surface area contributed by atoms with Gasteiger partial charge in [0.15, 0.2) is 0 Å². The van der Waals surface area contributed by atoms with E-state index in [1.165, 1.54) is 4.90 Å². The average molecular weight is 229 g/mol. The van der Waals surface area contributed by atoms with Gasteiger partial charge in [0.25, 0.3) is 0 Å². The van der Waals surface area contributed by atoms with Crippen LogP contribution in [0.5, 0.6) is 0 Å². The van der Waals surface area contributed by atoms with E-state index in [1.807, 2.05) is 0 Å². The Morgan fingerprint density at radius 3 is 2.12 bits per heavy atom. The van der Waals surface area contributed by atoms with Crippen LogP contribution in [0.15, 0.2) is 12.1 Å².